The van der Waals surface area contributed by atoms with Crippen LogP contribution in [0.1, 0.15) is 25.6 Å². The summed E-state index contributed by atoms with van der Waals surface area (Å²) in [5.74, 6) is -0.0610. The average molecular weight is 406 g/mol. The number of rotatable bonds is 6. The number of nitrogens with one attached hydrogen (secondary N) is 2. The van der Waals surface area contributed by atoms with Crippen LogP contribution in [0.5, 0.6) is 0 Å². The monoisotopic (exact) mass is 406 g/mol. The Balaban J connectivity index is 1.78. The lowest BCUT2D eigenvalue weighted by molar-refractivity contribution is -0.139. The fraction of sp³-hybridized carbons (Fsp3) is 0.526. The molecule has 2 aliphatic rings. The molecule has 2 aliphatic heterocycles. The Bertz CT molecular complexity index is 768. The normalized spacial score (nSPS) is 20.1. The van der Waals surface area contributed by atoms with Gasteiger partial charge < -0.3 is 29.4 Å². The Labute approximate surface area is 168 Å². The molecule has 2 N–H and O–H groups in total. The van der Waals surface area contributed by atoms with Crippen LogP contribution in [-0.4, -0.2) is 73.8 Å². The molecule has 1 aromatic rings. The van der Waals surface area contributed by atoms with Crippen molar-refractivity contribution in [3.63, 3.8) is 0 Å². The number of nitrogens with zero attached hydrogens (tertiary/aromatic N) is 2. The number of piperazine rings is 1. The highest BCUT2D eigenvalue weighted by Gasteiger charge is 2.36. The third-order valence-corrected chi connectivity index (χ3v) is 4.76. The summed E-state index contributed by atoms with van der Waals surface area (Å²) in [6, 6.07) is 2.25. The lowest BCUT2D eigenvalue weighted by atomic mass is 9.99. The molecule has 29 heavy (non-hydrogen) atoms. The van der Waals surface area contributed by atoms with Crippen LogP contribution in [0, 0.1) is 0 Å². The molecule has 10 nitrogen and oxygen atoms in total. The van der Waals surface area contributed by atoms with Gasteiger partial charge in [-0.25, -0.2) is 14.4 Å². The van der Waals surface area contributed by atoms with Crippen molar-refractivity contribution in [3.8, 4) is 0 Å². The summed E-state index contributed by atoms with van der Waals surface area (Å²) in [6.07, 6.45) is 1.16. The Morgan fingerprint density at radius 1 is 1.17 bits per heavy atom. The molecule has 3 amide bonds. The number of esters is 1. The zero-order valence-electron chi connectivity index (χ0n) is 16.6. The van der Waals surface area contributed by atoms with Gasteiger partial charge in [-0.1, -0.05) is 0 Å². The fourth-order valence-electron chi connectivity index (χ4n) is 3.39. The van der Waals surface area contributed by atoms with Gasteiger partial charge >= 0.3 is 18.1 Å². The molecular formula is C19H26N4O6. The number of amides is 3. The van der Waals surface area contributed by atoms with E-state index in [1.807, 2.05) is 0 Å². The second-order valence-electron chi connectivity index (χ2n) is 6.62. The molecule has 10 heteroatoms. The highest BCUT2D eigenvalue weighted by atomic mass is 16.6. The highest BCUT2D eigenvalue weighted by Crippen LogP contribution is 2.28. The van der Waals surface area contributed by atoms with Gasteiger partial charge in [-0.2, -0.15) is 0 Å². The van der Waals surface area contributed by atoms with Gasteiger partial charge in [0.1, 0.15) is 11.8 Å². The van der Waals surface area contributed by atoms with Gasteiger partial charge in [-0.05, 0) is 26.0 Å². The second-order valence-corrected chi connectivity index (χ2v) is 6.62. The van der Waals surface area contributed by atoms with Crippen LogP contribution in [0.25, 0.3) is 0 Å². The van der Waals surface area contributed by atoms with E-state index < -0.39 is 18.0 Å². The predicted octanol–water partition coefficient (Wildman–Crippen LogP) is 1.22. The number of urea groups is 1. The Hall–Kier alpha value is -3.01. The van der Waals surface area contributed by atoms with Gasteiger partial charge in [0.05, 0.1) is 25.1 Å². The molecule has 1 aromatic heterocycles. The van der Waals surface area contributed by atoms with Crippen LogP contribution < -0.4 is 10.6 Å². The van der Waals surface area contributed by atoms with Crippen LogP contribution in [0.3, 0.4) is 0 Å². The minimum Gasteiger partial charge on any atom is -0.467 e. The van der Waals surface area contributed by atoms with Gasteiger partial charge in [0.15, 0.2) is 0 Å². The summed E-state index contributed by atoms with van der Waals surface area (Å²) in [7, 11) is 0. The number of ether oxygens (including phenoxy) is 2. The number of hydrogen-bond donors (Lipinski definition) is 2. The molecule has 1 saturated heterocycles. The largest absolute Gasteiger partial charge is 0.467 e. The van der Waals surface area contributed by atoms with Crippen molar-refractivity contribution in [3.05, 3.63) is 35.4 Å². The number of hydrogen-bond acceptors (Lipinski definition) is 7. The van der Waals surface area contributed by atoms with Crippen molar-refractivity contribution in [2.24, 2.45) is 0 Å². The lowest BCUT2D eigenvalue weighted by Crippen LogP contribution is -2.52. The maximum Gasteiger partial charge on any atom is 0.409 e. The summed E-state index contributed by atoms with van der Waals surface area (Å²) >= 11 is 0. The van der Waals surface area contributed by atoms with E-state index in [0.717, 1.165) is 0 Å². The first kappa shape index (κ1) is 20.7. The van der Waals surface area contributed by atoms with E-state index in [1.165, 1.54) is 6.26 Å². The molecule has 0 aliphatic carbocycles. The van der Waals surface area contributed by atoms with Crippen LogP contribution in [0.4, 0.5) is 9.59 Å². The van der Waals surface area contributed by atoms with E-state index in [1.54, 1.807) is 30.9 Å². The molecule has 3 rings (SSSR count). The zero-order valence-corrected chi connectivity index (χ0v) is 16.6. The molecule has 0 radical (unpaired) electrons. The molecule has 1 atom stereocenters. The molecule has 158 valence electrons. The quantitative estimate of drug-likeness (QED) is 0.683. The molecule has 1 fully saturated rings. The first-order valence-electron chi connectivity index (χ1n) is 9.68. The fourth-order valence-corrected chi connectivity index (χ4v) is 3.39. The first-order valence-corrected chi connectivity index (χ1v) is 9.68. The third-order valence-electron chi connectivity index (χ3n) is 4.76. The molecule has 0 unspecified atom stereocenters. The molecule has 0 aromatic carbocycles. The number of carbonyl (C=O) groups excluding carboxylic acids is 3. The molecule has 0 spiro atoms. The summed E-state index contributed by atoms with van der Waals surface area (Å²) in [5.41, 5.74) is 0.785. The summed E-state index contributed by atoms with van der Waals surface area (Å²) in [5, 5.41) is 5.46. The highest BCUT2D eigenvalue weighted by molar-refractivity contribution is 5.95. The van der Waals surface area contributed by atoms with E-state index in [0.29, 0.717) is 56.4 Å². The second kappa shape index (κ2) is 9.46. The van der Waals surface area contributed by atoms with E-state index >= 15 is 0 Å². The van der Waals surface area contributed by atoms with Crippen molar-refractivity contribution >= 4 is 18.1 Å². The smallest absolute Gasteiger partial charge is 0.409 e. The van der Waals surface area contributed by atoms with Crippen LogP contribution in [-0.2, 0) is 14.3 Å². The van der Waals surface area contributed by atoms with Gasteiger partial charge in [0, 0.05) is 38.4 Å². The van der Waals surface area contributed by atoms with Crippen molar-refractivity contribution < 1.29 is 28.3 Å². The minimum atomic E-state index is -0.728. The maximum absolute atomic E-state index is 12.7. The van der Waals surface area contributed by atoms with Gasteiger partial charge in [-0.3, -0.25) is 4.90 Å². The van der Waals surface area contributed by atoms with Crippen molar-refractivity contribution in [1.82, 2.24) is 20.4 Å². The molecule has 0 saturated carbocycles. The topological polar surface area (TPSA) is 113 Å². The molecular weight excluding hydrogens is 380 g/mol. The van der Waals surface area contributed by atoms with E-state index in [4.69, 9.17) is 13.9 Å². The van der Waals surface area contributed by atoms with Crippen LogP contribution in [0.15, 0.2) is 34.1 Å². The van der Waals surface area contributed by atoms with Gasteiger partial charge in [-0.15, -0.1) is 0 Å². The summed E-state index contributed by atoms with van der Waals surface area (Å²) in [4.78, 5) is 40.5. The Morgan fingerprint density at radius 3 is 2.52 bits per heavy atom. The van der Waals surface area contributed by atoms with Crippen LogP contribution in [0.2, 0.25) is 0 Å². The first-order chi connectivity index (χ1) is 14.0. The minimum absolute atomic E-state index is 0.215. The van der Waals surface area contributed by atoms with E-state index in [2.05, 4.69) is 15.5 Å². The zero-order chi connectivity index (χ0) is 20.8. The summed E-state index contributed by atoms with van der Waals surface area (Å²) < 4.78 is 15.7. The molecule has 0 bridgehead atoms. The average Bonchev–Trinajstić information content (AvgIpc) is 3.23. The number of furan rings is 1. The number of carbonyl (C=O) groups is 3. The van der Waals surface area contributed by atoms with Gasteiger partial charge in [0.25, 0.3) is 0 Å². The predicted molar refractivity (Wildman–Crippen MR) is 102 cm³/mol. The Morgan fingerprint density at radius 2 is 1.90 bits per heavy atom. The SMILES string of the molecule is CCOC(=O)C1=C(CN2CCN(C(=O)OCC)CC2)NC(=O)N[C@H]1c1ccco1. The maximum atomic E-state index is 12.7. The van der Waals surface area contributed by atoms with Crippen molar-refractivity contribution in [2.75, 3.05) is 45.9 Å². The molecule has 3 heterocycles. The third kappa shape index (κ3) is 4.89. The Kier molecular flexibility index (Phi) is 6.76. The van der Waals surface area contributed by atoms with E-state index in [9.17, 15) is 14.4 Å². The van der Waals surface area contributed by atoms with Crippen molar-refractivity contribution in [1.29, 1.82) is 0 Å². The standard InChI is InChI=1S/C19H26N4O6/c1-3-27-17(24)15-13(20-18(25)21-16(15)14-6-5-11-29-14)12-22-7-9-23(10-8-22)19(26)28-4-2/h5-6,11,16H,3-4,7-10,12H2,1-2H3,(H2,20,21,25)/t16-/m0/s1. The van der Waals surface area contributed by atoms with Crippen molar-refractivity contribution in [2.45, 2.75) is 19.9 Å². The van der Waals surface area contributed by atoms with Crippen LogP contribution >= 0.6 is 0 Å². The lowest BCUT2D eigenvalue weighted by Gasteiger charge is -2.36. The summed E-state index contributed by atoms with van der Waals surface area (Å²) in [6.45, 7) is 6.59. The van der Waals surface area contributed by atoms with Gasteiger partial charge in [0.2, 0.25) is 0 Å². The van der Waals surface area contributed by atoms with E-state index in [-0.39, 0.29) is 12.7 Å².